The number of rotatable bonds is 8. The molecule has 2 N–H and O–H groups in total. The molecule has 0 aromatic heterocycles. The van der Waals surface area contributed by atoms with Gasteiger partial charge in [0, 0.05) is 24.2 Å². The van der Waals surface area contributed by atoms with Gasteiger partial charge in [-0.05, 0) is 62.9 Å². The number of hydrogen-bond donors (Lipinski definition) is 2. The number of ether oxygens (including phenoxy) is 1. The van der Waals surface area contributed by atoms with Gasteiger partial charge in [0.05, 0.1) is 0 Å². The SMILES string of the molecule is Cc1ccc(NC(=O)COC(=O)CCCC(=O)Nc2cc(C)ccc2C)c(C)c1. The van der Waals surface area contributed by atoms with Gasteiger partial charge in [-0.25, -0.2) is 0 Å². The maximum atomic E-state index is 12.1. The summed E-state index contributed by atoms with van der Waals surface area (Å²) in [6.07, 6.45) is 0.641. The molecule has 0 aliphatic carbocycles. The van der Waals surface area contributed by atoms with Crippen LogP contribution in [0.2, 0.25) is 0 Å². The molecule has 0 bridgehead atoms. The summed E-state index contributed by atoms with van der Waals surface area (Å²) >= 11 is 0. The molecule has 2 rings (SSSR count). The third-order valence-corrected chi connectivity index (χ3v) is 4.47. The summed E-state index contributed by atoms with van der Waals surface area (Å²) in [5.74, 6) is -1.04. The lowest BCUT2D eigenvalue weighted by Crippen LogP contribution is -2.21. The van der Waals surface area contributed by atoms with E-state index in [0.29, 0.717) is 12.1 Å². The zero-order chi connectivity index (χ0) is 21.4. The first-order valence-electron chi connectivity index (χ1n) is 9.64. The fourth-order valence-corrected chi connectivity index (χ4v) is 2.83. The van der Waals surface area contributed by atoms with E-state index in [-0.39, 0.29) is 25.4 Å². The van der Waals surface area contributed by atoms with Crippen LogP contribution in [0.4, 0.5) is 11.4 Å². The van der Waals surface area contributed by atoms with Crippen molar-refractivity contribution in [3.8, 4) is 0 Å². The smallest absolute Gasteiger partial charge is 0.306 e. The minimum atomic E-state index is -0.500. The van der Waals surface area contributed by atoms with Crippen LogP contribution in [-0.2, 0) is 19.1 Å². The zero-order valence-electron chi connectivity index (χ0n) is 17.4. The Morgan fingerprint density at radius 1 is 0.759 bits per heavy atom. The lowest BCUT2D eigenvalue weighted by molar-refractivity contribution is -0.147. The van der Waals surface area contributed by atoms with Crippen LogP contribution < -0.4 is 10.6 Å². The van der Waals surface area contributed by atoms with Crippen molar-refractivity contribution in [2.45, 2.75) is 47.0 Å². The van der Waals surface area contributed by atoms with E-state index in [0.717, 1.165) is 27.9 Å². The van der Waals surface area contributed by atoms with Gasteiger partial charge < -0.3 is 15.4 Å². The van der Waals surface area contributed by atoms with E-state index >= 15 is 0 Å². The standard InChI is InChI=1S/C23H28N2O4/c1-15-9-11-19(18(4)12-15)24-22(27)14-29-23(28)7-5-6-21(26)25-20-13-16(2)8-10-17(20)3/h8-13H,5-7,14H2,1-4H3,(H,24,27)(H,25,26). The van der Waals surface area contributed by atoms with E-state index in [1.165, 1.54) is 0 Å². The second-order valence-electron chi connectivity index (χ2n) is 7.25. The van der Waals surface area contributed by atoms with Gasteiger partial charge in [-0.2, -0.15) is 0 Å². The highest BCUT2D eigenvalue weighted by Gasteiger charge is 2.11. The number of amides is 2. The van der Waals surface area contributed by atoms with Gasteiger partial charge in [0.15, 0.2) is 6.61 Å². The van der Waals surface area contributed by atoms with Crippen molar-refractivity contribution in [1.82, 2.24) is 0 Å². The van der Waals surface area contributed by atoms with Crippen molar-refractivity contribution in [1.29, 1.82) is 0 Å². The molecule has 6 nitrogen and oxygen atoms in total. The molecule has 2 aromatic rings. The molecule has 0 radical (unpaired) electrons. The van der Waals surface area contributed by atoms with Crippen LogP contribution in [0, 0.1) is 27.7 Å². The molecule has 0 heterocycles. The van der Waals surface area contributed by atoms with E-state index in [9.17, 15) is 14.4 Å². The van der Waals surface area contributed by atoms with Gasteiger partial charge in [-0.1, -0.05) is 29.8 Å². The number of carbonyl (C=O) groups is 3. The van der Waals surface area contributed by atoms with Gasteiger partial charge in [0.25, 0.3) is 5.91 Å². The number of anilines is 2. The number of hydrogen-bond acceptors (Lipinski definition) is 4. The summed E-state index contributed by atoms with van der Waals surface area (Å²) in [5, 5.41) is 5.58. The molecule has 0 saturated carbocycles. The summed E-state index contributed by atoms with van der Waals surface area (Å²) in [7, 11) is 0. The van der Waals surface area contributed by atoms with Crippen LogP contribution in [0.5, 0.6) is 0 Å². The summed E-state index contributed by atoms with van der Waals surface area (Å²) < 4.78 is 4.99. The molecule has 6 heteroatoms. The molecular weight excluding hydrogens is 368 g/mol. The fourth-order valence-electron chi connectivity index (χ4n) is 2.83. The Labute approximate surface area is 171 Å². The molecule has 154 valence electrons. The summed E-state index contributed by atoms with van der Waals surface area (Å²) in [6.45, 7) is 7.42. The molecule has 2 amide bonds. The summed E-state index contributed by atoms with van der Waals surface area (Å²) in [5.41, 5.74) is 5.57. The second-order valence-corrected chi connectivity index (χ2v) is 7.25. The lowest BCUT2D eigenvalue weighted by atomic mass is 10.1. The summed E-state index contributed by atoms with van der Waals surface area (Å²) in [4.78, 5) is 35.8. The third-order valence-electron chi connectivity index (χ3n) is 4.47. The zero-order valence-corrected chi connectivity index (χ0v) is 17.4. The van der Waals surface area contributed by atoms with Gasteiger partial charge in [0.1, 0.15) is 0 Å². The van der Waals surface area contributed by atoms with Crippen LogP contribution in [0.1, 0.15) is 41.5 Å². The van der Waals surface area contributed by atoms with E-state index in [2.05, 4.69) is 10.6 Å². The fraction of sp³-hybridized carbons (Fsp3) is 0.348. The largest absolute Gasteiger partial charge is 0.456 e. The van der Waals surface area contributed by atoms with Crippen LogP contribution >= 0.6 is 0 Å². The van der Waals surface area contributed by atoms with E-state index in [1.807, 2.05) is 64.1 Å². The van der Waals surface area contributed by atoms with Crippen LogP contribution in [0.3, 0.4) is 0 Å². The summed E-state index contributed by atoms with van der Waals surface area (Å²) in [6, 6.07) is 11.5. The Hall–Kier alpha value is -3.15. The van der Waals surface area contributed by atoms with Gasteiger partial charge in [-0.15, -0.1) is 0 Å². The van der Waals surface area contributed by atoms with E-state index in [4.69, 9.17) is 4.74 Å². The predicted octanol–water partition coefficient (Wildman–Crippen LogP) is 4.21. The molecule has 0 aliphatic rings. The van der Waals surface area contributed by atoms with Gasteiger partial charge in [0.2, 0.25) is 5.91 Å². The average molecular weight is 396 g/mol. The maximum Gasteiger partial charge on any atom is 0.306 e. The molecule has 29 heavy (non-hydrogen) atoms. The first-order valence-corrected chi connectivity index (χ1v) is 9.64. The topological polar surface area (TPSA) is 84.5 Å². The Morgan fingerprint density at radius 2 is 1.41 bits per heavy atom. The van der Waals surface area contributed by atoms with Crippen molar-refractivity contribution in [2.75, 3.05) is 17.2 Å². The van der Waals surface area contributed by atoms with Crippen LogP contribution in [-0.4, -0.2) is 24.4 Å². The molecule has 2 aromatic carbocycles. The third kappa shape index (κ3) is 7.41. The van der Waals surface area contributed by atoms with Crippen molar-refractivity contribution < 1.29 is 19.1 Å². The number of nitrogens with one attached hydrogen (secondary N) is 2. The van der Waals surface area contributed by atoms with Crippen molar-refractivity contribution >= 4 is 29.2 Å². The normalized spacial score (nSPS) is 10.3. The molecular formula is C23H28N2O4. The average Bonchev–Trinajstić information content (AvgIpc) is 2.65. The predicted molar refractivity (Wildman–Crippen MR) is 114 cm³/mol. The highest BCUT2D eigenvalue weighted by molar-refractivity contribution is 5.94. The minimum absolute atomic E-state index is 0.0804. The first-order chi connectivity index (χ1) is 13.7. The Morgan fingerprint density at radius 3 is 2.14 bits per heavy atom. The second kappa shape index (κ2) is 10.4. The highest BCUT2D eigenvalue weighted by Crippen LogP contribution is 2.17. The number of benzene rings is 2. The highest BCUT2D eigenvalue weighted by atomic mass is 16.5. The molecule has 0 aliphatic heterocycles. The van der Waals surface area contributed by atoms with E-state index < -0.39 is 11.9 Å². The maximum absolute atomic E-state index is 12.1. The van der Waals surface area contributed by atoms with Crippen molar-refractivity contribution in [2.24, 2.45) is 0 Å². The van der Waals surface area contributed by atoms with Crippen LogP contribution in [0.15, 0.2) is 36.4 Å². The Kier molecular flexibility index (Phi) is 7.95. The molecule has 0 spiro atoms. The minimum Gasteiger partial charge on any atom is -0.456 e. The number of carbonyl (C=O) groups excluding carboxylic acids is 3. The number of aryl methyl sites for hydroxylation is 4. The lowest BCUT2D eigenvalue weighted by Gasteiger charge is -2.10. The van der Waals surface area contributed by atoms with Crippen molar-refractivity contribution in [3.63, 3.8) is 0 Å². The Bertz CT molecular complexity index is 906. The number of esters is 1. The molecule has 0 unspecified atom stereocenters. The Balaban J connectivity index is 1.68. The van der Waals surface area contributed by atoms with Crippen molar-refractivity contribution in [3.05, 3.63) is 58.7 Å². The molecule has 0 saturated heterocycles. The van der Waals surface area contributed by atoms with Gasteiger partial charge in [-0.3, -0.25) is 14.4 Å². The molecule has 0 atom stereocenters. The molecule has 0 fully saturated rings. The van der Waals surface area contributed by atoms with Crippen LogP contribution in [0.25, 0.3) is 0 Å². The quantitative estimate of drug-likeness (QED) is 0.655. The monoisotopic (exact) mass is 396 g/mol. The van der Waals surface area contributed by atoms with Gasteiger partial charge >= 0.3 is 5.97 Å². The van der Waals surface area contributed by atoms with E-state index in [1.54, 1.807) is 0 Å². The first kappa shape index (κ1) is 22.1.